The van der Waals surface area contributed by atoms with Crippen molar-refractivity contribution in [2.45, 2.75) is 239 Å². The summed E-state index contributed by atoms with van der Waals surface area (Å²) in [6.07, 6.45) is 50.4. The predicted molar refractivity (Wildman–Crippen MR) is 188 cm³/mol. The van der Waals surface area contributed by atoms with Crippen LogP contribution >= 0.6 is 0 Å². The van der Waals surface area contributed by atoms with Gasteiger partial charge in [0.15, 0.2) is 0 Å². The zero-order valence-electron chi connectivity index (χ0n) is 29.6. The van der Waals surface area contributed by atoms with Gasteiger partial charge < -0.3 is 0 Å². The van der Waals surface area contributed by atoms with Gasteiger partial charge >= 0.3 is 0 Å². The summed E-state index contributed by atoms with van der Waals surface area (Å²) in [4.78, 5) is 0. The lowest BCUT2D eigenvalue weighted by atomic mass is 10.0. The van der Waals surface area contributed by atoms with Gasteiger partial charge in [-0.1, -0.05) is 188 Å². The zero-order valence-corrected chi connectivity index (χ0v) is 29.6. The Bertz CT molecular complexity index is 648. The van der Waals surface area contributed by atoms with Crippen LogP contribution in [-0.2, 0) is 19.5 Å². The van der Waals surface area contributed by atoms with Gasteiger partial charge in [0.25, 0.3) is 5.82 Å². The third kappa shape index (κ3) is 23.6. The Hall–Kier alpha value is -0.790. The first-order valence-corrected chi connectivity index (χ1v) is 19.9. The minimum atomic E-state index is 1.23. The maximum Gasteiger partial charge on any atom is 0.256 e. The molecule has 2 nitrogen and oxygen atoms in total. The van der Waals surface area contributed by atoms with Crippen molar-refractivity contribution in [1.29, 1.82) is 0 Å². The maximum atomic E-state index is 2.63. The van der Waals surface area contributed by atoms with Gasteiger partial charge in [-0.25, -0.2) is 9.13 Å². The van der Waals surface area contributed by atoms with Crippen molar-refractivity contribution in [2.75, 3.05) is 0 Å². The predicted octanol–water partition coefficient (Wildman–Crippen LogP) is 13.5. The van der Waals surface area contributed by atoms with Crippen molar-refractivity contribution >= 4 is 0 Å². The molecule has 0 aliphatic heterocycles. The van der Waals surface area contributed by atoms with Crippen molar-refractivity contribution in [3.8, 4) is 0 Å². The number of hydrogen-bond acceptors (Lipinski definition) is 0. The molecule has 0 bridgehead atoms. The standard InChI is InChI=1S/C40H79N2/c1-4-7-10-13-16-18-19-20-21-22-23-24-25-27-29-32-35-40-41(36-33-30-15-12-9-6-3)38-39-42(40)37-34-31-28-26-17-14-11-8-5-2/h38-39H,4-37H2,1-3H3/q+1. The summed E-state index contributed by atoms with van der Waals surface area (Å²) in [5, 5.41) is 0. The van der Waals surface area contributed by atoms with Gasteiger partial charge in [-0.2, -0.15) is 0 Å². The minimum Gasteiger partial charge on any atom is -0.234 e. The highest BCUT2D eigenvalue weighted by Gasteiger charge is 2.16. The highest BCUT2D eigenvalue weighted by Crippen LogP contribution is 2.15. The Labute approximate surface area is 266 Å². The van der Waals surface area contributed by atoms with Crippen LogP contribution < -0.4 is 4.57 Å². The number of nitrogens with zero attached hydrogens (tertiary/aromatic N) is 2. The van der Waals surface area contributed by atoms with Gasteiger partial charge in [0.2, 0.25) is 0 Å². The molecule has 0 saturated heterocycles. The van der Waals surface area contributed by atoms with E-state index in [4.69, 9.17) is 0 Å². The normalized spacial score (nSPS) is 11.6. The van der Waals surface area contributed by atoms with E-state index in [2.05, 4.69) is 42.3 Å². The van der Waals surface area contributed by atoms with Crippen LogP contribution in [0.1, 0.15) is 226 Å². The van der Waals surface area contributed by atoms with E-state index in [9.17, 15) is 0 Å². The van der Waals surface area contributed by atoms with Crippen LogP contribution in [0.15, 0.2) is 12.4 Å². The Kier molecular flexibility index (Phi) is 29.5. The third-order valence-electron chi connectivity index (χ3n) is 9.60. The summed E-state index contributed by atoms with van der Waals surface area (Å²) in [5.41, 5.74) is 0. The summed E-state index contributed by atoms with van der Waals surface area (Å²) in [6.45, 7) is 9.40. The molecule has 0 N–H and O–H groups in total. The first-order valence-electron chi connectivity index (χ1n) is 19.9. The smallest absolute Gasteiger partial charge is 0.234 e. The molecule has 0 unspecified atom stereocenters. The van der Waals surface area contributed by atoms with E-state index in [0.29, 0.717) is 0 Å². The van der Waals surface area contributed by atoms with Gasteiger partial charge in [0, 0.05) is 6.42 Å². The summed E-state index contributed by atoms with van der Waals surface area (Å²) in [6, 6.07) is 0. The molecule has 0 spiro atoms. The van der Waals surface area contributed by atoms with Crippen LogP contribution in [0.3, 0.4) is 0 Å². The Morgan fingerprint density at radius 2 is 0.738 bits per heavy atom. The van der Waals surface area contributed by atoms with E-state index >= 15 is 0 Å². The summed E-state index contributed by atoms with van der Waals surface area (Å²) >= 11 is 0. The number of hydrogen-bond donors (Lipinski definition) is 0. The molecule has 0 fully saturated rings. The second-order valence-electron chi connectivity index (χ2n) is 13.8. The first kappa shape index (κ1) is 39.2. The van der Waals surface area contributed by atoms with E-state index in [1.54, 1.807) is 5.82 Å². The molecule has 0 aliphatic carbocycles. The monoisotopic (exact) mass is 588 g/mol. The molecular formula is C40H79N2+. The largest absolute Gasteiger partial charge is 0.256 e. The van der Waals surface area contributed by atoms with Crippen LogP contribution in [0, 0.1) is 0 Å². The lowest BCUT2D eigenvalue weighted by molar-refractivity contribution is -0.704. The van der Waals surface area contributed by atoms with Gasteiger partial charge in [-0.15, -0.1) is 0 Å². The number of rotatable bonds is 34. The van der Waals surface area contributed by atoms with Crippen LogP contribution in [0.25, 0.3) is 0 Å². The molecule has 0 aliphatic rings. The Balaban J connectivity index is 2.21. The SMILES string of the molecule is CCCCCCCCCCCCCCCCCCc1n(CCCCCCCCCCC)cc[n+]1CCCCCCCC. The average molecular weight is 588 g/mol. The van der Waals surface area contributed by atoms with E-state index in [1.807, 2.05) is 0 Å². The fourth-order valence-electron chi connectivity index (χ4n) is 6.68. The van der Waals surface area contributed by atoms with Crippen LogP contribution in [0.2, 0.25) is 0 Å². The molecule has 1 rings (SSSR count). The molecule has 1 heterocycles. The van der Waals surface area contributed by atoms with Gasteiger partial charge in [-0.05, 0) is 32.1 Å². The quantitative estimate of drug-likeness (QED) is 0.0560. The highest BCUT2D eigenvalue weighted by atomic mass is 15.1. The molecule has 0 radical (unpaired) electrons. The van der Waals surface area contributed by atoms with E-state index in [1.165, 1.54) is 219 Å². The molecule has 0 atom stereocenters. The van der Waals surface area contributed by atoms with E-state index < -0.39 is 0 Å². The molecule has 248 valence electrons. The molecule has 42 heavy (non-hydrogen) atoms. The number of imidazole rings is 1. The molecule has 0 amide bonds. The summed E-state index contributed by atoms with van der Waals surface area (Å²) < 4.78 is 5.25. The highest BCUT2D eigenvalue weighted by molar-refractivity contribution is 4.84. The van der Waals surface area contributed by atoms with E-state index in [0.717, 1.165) is 0 Å². The molecule has 1 aromatic heterocycles. The molecule has 1 aromatic rings. The average Bonchev–Trinajstić information content (AvgIpc) is 3.38. The maximum absolute atomic E-state index is 2.63. The van der Waals surface area contributed by atoms with Crippen LogP contribution in [0.4, 0.5) is 0 Å². The Morgan fingerprint density at radius 3 is 1.14 bits per heavy atom. The zero-order chi connectivity index (χ0) is 30.2. The van der Waals surface area contributed by atoms with Crippen molar-refractivity contribution < 1.29 is 4.57 Å². The van der Waals surface area contributed by atoms with Crippen molar-refractivity contribution in [1.82, 2.24) is 4.57 Å². The fraction of sp³-hybridized carbons (Fsp3) is 0.925. The molecular weight excluding hydrogens is 508 g/mol. The van der Waals surface area contributed by atoms with Gasteiger partial charge in [-0.3, -0.25) is 0 Å². The second kappa shape index (κ2) is 31.6. The van der Waals surface area contributed by atoms with Crippen molar-refractivity contribution in [3.63, 3.8) is 0 Å². The topological polar surface area (TPSA) is 8.81 Å². The lowest BCUT2D eigenvalue weighted by Crippen LogP contribution is -2.37. The van der Waals surface area contributed by atoms with Crippen LogP contribution in [0.5, 0.6) is 0 Å². The van der Waals surface area contributed by atoms with Gasteiger partial charge in [0.05, 0.1) is 13.1 Å². The molecule has 2 heteroatoms. The lowest BCUT2D eigenvalue weighted by Gasteiger charge is -2.07. The van der Waals surface area contributed by atoms with Gasteiger partial charge in [0.1, 0.15) is 12.4 Å². The number of unbranched alkanes of at least 4 members (excludes halogenated alkanes) is 28. The Morgan fingerprint density at radius 1 is 0.405 bits per heavy atom. The summed E-state index contributed by atoms with van der Waals surface area (Å²) in [7, 11) is 0. The molecule has 0 aromatic carbocycles. The summed E-state index contributed by atoms with van der Waals surface area (Å²) in [5.74, 6) is 1.62. The minimum absolute atomic E-state index is 1.23. The van der Waals surface area contributed by atoms with Crippen LogP contribution in [-0.4, -0.2) is 4.57 Å². The van der Waals surface area contributed by atoms with E-state index in [-0.39, 0.29) is 0 Å². The fourth-order valence-corrected chi connectivity index (χ4v) is 6.68. The van der Waals surface area contributed by atoms with Crippen molar-refractivity contribution in [2.24, 2.45) is 0 Å². The molecule has 0 saturated carbocycles. The number of aryl methyl sites for hydroxylation is 2. The second-order valence-corrected chi connectivity index (χ2v) is 13.8. The van der Waals surface area contributed by atoms with Crippen molar-refractivity contribution in [3.05, 3.63) is 18.2 Å². The third-order valence-corrected chi connectivity index (χ3v) is 9.60. The first-order chi connectivity index (χ1) is 20.8. The number of aromatic nitrogens is 2.